The van der Waals surface area contributed by atoms with Crippen LogP contribution in [0.1, 0.15) is 0 Å². The minimum atomic E-state index is 0. The minimum Gasteiger partial charge on any atom is -0.0149 e. The van der Waals surface area contributed by atoms with E-state index in [0.717, 1.165) is 0 Å². The summed E-state index contributed by atoms with van der Waals surface area (Å²) >= 11 is 0. The molecular weight excluding hydrogens is 228 g/mol. The topological polar surface area (TPSA) is 0 Å². The summed E-state index contributed by atoms with van der Waals surface area (Å²) in [5.74, 6) is 0. The van der Waals surface area contributed by atoms with Crippen molar-refractivity contribution in [1.82, 2.24) is 0 Å². The Balaban J connectivity index is 0. The first-order valence-electron chi connectivity index (χ1n) is 0. The summed E-state index contributed by atoms with van der Waals surface area (Å²) in [5.41, 5.74) is 0. The van der Waals surface area contributed by atoms with Gasteiger partial charge in [-0.05, 0) is 11.0 Å². The van der Waals surface area contributed by atoms with E-state index in [-0.39, 0.29) is 80.1 Å². The molecule has 0 N–H and O–H groups in total. The number of hydrogen-bond donors (Lipinski definition) is 0. The molecule has 0 rings (SSSR count). The molecule has 4 heavy (non-hydrogen) atoms. The molecule has 0 atom stereocenters. The predicted molar refractivity (Wildman–Crippen MR) is 11.3 cm³/mol. The average Bonchev–Trinajstić information content (AvgIpc) is 0. The van der Waals surface area contributed by atoms with Gasteiger partial charge in [-0.2, -0.15) is 0 Å². The van der Waals surface area contributed by atoms with Crippen molar-refractivity contribution in [2.75, 3.05) is 0 Å². The smallest absolute Gasteiger partial charge is 0 e. The van der Waals surface area contributed by atoms with E-state index in [9.17, 15) is 0 Å². The van der Waals surface area contributed by atoms with Crippen LogP contribution in [-0.2, 0) is 69.1 Å². The Hall–Kier alpha value is 2.49. The van der Waals surface area contributed by atoms with E-state index in [1.54, 1.807) is 0 Å². The minimum absolute atomic E-state index is 0. The molecule has 0 heterocycles. The second-order valence-electron chi connectivity index (χ2n) is 0. The van der Waals surface area contributed by atoms with Gasteiger partial charge in [0.25, 0.3) is 0 Å². The first-order chi connectivity index (χ1) is 0. The van der Waals surface area contributed by atoms with Crippen molar-refractivity contribution in [3.05, 3.63) is 0 Å². The maximum atomic E-state index is 0. The van der Waals surface area contributed by atoms with Crippen LogP contribution >= 0.6 is 0 Å². The molecule has 0 unspecified atom stereocenters. The fourth-order valence-corrected chi connectivity index (χ4v) is 0. The maximum absolute atomic E-state index is 0. The SMILES string of the molecule is [Cu].[Sc].[SiH4].[Zr]. The Morgan fingerprint density at radius 1 is 1.00 bits per heavy atom. The molecule has 0 saturated heterocycles. The molecule has 0 aromatic heterocycles. The van der Waals surface area contributed by atoms with Crippen molar-refractivity contribution in [3.63, 3.8) is 0 Å². The molecule has 0 aromatic carbocycles. The quantitative estimate of drug-likeness (QED) is 0.448. The standard InChI is InChI=1S/Cu.Sc.H4Si.Zr/h;;1H4;. The fourth-order valence-electron chi connectivity index (χ4n) is 0. The van der Waals surface area contributed by atoms with Gasteiger partial charge in [-0.1, -0.05) is 0 Å². The van der Waals surface area contributed by atoms with E-state index in [1.807, 2.05) is 0 Å². The summed E-state index contributed by atoms with van der Waals surface area (Å²) in [7, 11) is 0. The normalized spacial score (nSPS) is 0. The maximum Gasteiger partial charge on any atom is 0 e. The van der Waals surface area contributed by atoms with Crippen molar-refractivity contribution in [1.29, 1.82) is 0 Å². The van der Waals surface area contributed by atoms with Gasteiger partial charge < -0.3 is 0 Å². The van der Waals surface area contributed by atoms with E-state index < -0.39 is 0 Å². The molecule has 4 heteroatoms. The van der Waals surface area contributed by atoms with Crippen LogP contribution in [0.25, 0.3) is 0 Å². The van der Waals surface area contributed by atoms with Gasteiger partial charge in [-0.25, -0.2) is 0 Å². The molecule has 2 radical (unpaired) electrons. The second kappa shape index (κ2) is 17.9. The largest absolute Gasteiger partial charge is 0.0149 e. The zero-order valence-electron chi connectivity index (χ0n) is 1.38. The molecule has 0 amide bonds. The number of hydrogen-bond acceptors (Lipinski definition) is 0. The molecule has 26 valence electrons. The van der Waals surface area contributed by atoms with Crippen molar-refractivity contribution in [2.24, 2.45) is 0 Å². The summed E-state index contributed by atoms with van der Waals surface area (Å²) in [4.78, 5) is 0. The van der Waals surface area contributed by atoms with Gasteiger partial charge in [-0.15, -0.1) is 0 Å². The number of rotatable bonds is 0. The van der Waals surface area contributed by atoms with Gasteiger partial charge in [0.2, 0.25) is 0 Å². The van der Waals surface area contributed by atoms with Gasteiger partial charge in [0.15, 0.2) is 0 Å². The summed E-state index contributed by atoms with van der Waals surface area (Å²) in [5, 5.41) is 0. The Morgan fingerprint density at radius 3 is 1.00 bits per heavy atom. The van der Waals surface area contributed by atoms with Crippen LogP contribution in [-0.4, -0.2) is 11.0 Å². The molecule has 0 spiro atoms. The third kappa shape index (κ3) is 8.82. The molecule has 0 aliphatic rings. The summed E-state index contributed by atoms with van der Waals surface area (Å²) in [6.07, 6.45) is 0. The zero-order chi connectivity index (χ0) is 0. The molecule has 0 saturated carbocycles. The van der Waals surface area contributed by atoms with E-state index in [1.165, 1.54) is 0 Å². The van der Waals surface area contributed by atoms with Crippen LogP contribution in [0.2, 0.25) is 0 Å². The van der Waals surface area contributed by atoms with Crippen molar-refractivity contribution < 1.29 is 69.1 Å². The third-order valence-corrected chi connectivity index (χ3v) is 0. The fraction of sp³-hybridized carbons (Fsp3) is 0. The molecular formula is H4CuScSiZr. The van der Waals surface area contributed by atoms with Gasteiger partial charge in [0.05, 0.1) is 0 Å². The zero-order valence-corrected chi connectivity index (χ0v) is 6.58. The van der Waals surface area contributed by atoms with Gasteiger partial charge in [-0.3, -0.25) is 0 Å². The Morgan fingerprint density at radius 2 is 1.00 bits per heavy atom. The third-order valence-electron chi connectivity index (χ3n) is 0. The Labute approximate surface area is 78.9 Å². The monoisotopic (exact) mass is 230 g/mol. The van der Waals surface area contributed by atoms with Gasteiger partial charge in [0.1, 0.15) is 0 Å². The van der Waals surface area contributed by atoms with Gasteiger partial charge >= 0.3 is 0 Å². The van der Waals surface area contributed by atoms with Crippen LogP contribution in [0.5, 0.6) is 0 Å². The van der Waals surface area contributed by atoms with Crippen molar-refractivity contribution >= 4 is 11.0 Å². The van der Waals surface area contributed by atoms with E-state index in [0.29, 0.717) is 0 Å². The molecule has 0 bridgehead atoms. The van der Waals surface area contributed by atoms with Gasteiger partial charge in [0, 0.05) is 69.1 Å². The predicted octanol–water partition coefficient (Wildman–Crippen LogP) is -1.46. The van der Waals surface area contributed by atoms with Crippen LogP contribution in [0.3, 0.4) is 0 Å². The van der Waals surface area contributed by atoms with Crippen molar-refractivity contribution in [2.45, 2.75) is 0 Å². The first-order valence-corrected chi connectivity index (χ1v) is 0. The molecule has 0 fully saturated rings. The van der Waals surface area contributed by atoms with Crippen LogP contribution in [0.4, 0.5) is 0 Å². The molecule has 0 aromatic rings. The Bertz CT molecular complexity index is 8.00. The van der Waals surface area contributed by atoms with Crippen molar-refractivity contribution in [3.8, 4) is 0 Å². The van der Waals surface area contributed by atoms with E-state index >= 15 is 0 Å². The summed E-state index contributed by atoms with van der Waals surface area (Å²) in [6.45, 7) is 0. The Kier molecular flexibility index (Phi) is 141. The van der Waals surface area contributed by atoms with Crippen LogP contribution in [0, 0.1) is 0 Å². The van der Waals surface area contributed by atoms with Crippen LogP contribution < -0.4 is 0 Å². The first kappa shape index (κ1) is 31.6. The van der Waals surface area contributed by atoms with E-state index in [2.05, 4.69) is 0 Å². The summed E-state index contributed by atoms with van der Waals surface area (Å²) < 4.78 is 0. The molecule has 0 aliphatic carbocycles. The van der Waals surface area contributed by atoms with E-state index in [4.69, 9.17) is 0 Å². The average molecular weight is 232 g/mol. The van der Waals surface area contributed by atoms with Crippen LogP contribution in [0.15, 0.2) is 0 Å². The second-order valence-corrected chi connectivity index (χ2v) is 0. The summed E-state index contributed by atoms with van der Waals surface area (Å²) in [6, 6.07) is 0. The molecule has 0 aliphatic heterocycles. The molecule has 0 nitrogen and oxygen atoms in total.